The van der Waals surface area contributed by atoms with Gasteiger partial charge in [0.2, 0.25) is 0 Å². The largest absolute Gasteiger partial charge is 0.308 e. The predicted molar refractivity (Wildman–Crippen MR) is 78.7 cm³/mol. The van der Waals surface area contributed by atoms with Crippen molar-refractivity contribution in [2.45, 2.75) is 32.2 Å². The van der Waals surface area contributed by atoms with Gasteiger partial charge in [0.15, 0.2) is 0 Å². The van der Waals surface area contributed by atoms with E-state index >= 15 is 0 Å². The summed E-state index contributed by atoms with van der Waals surface area (Å²) in [5.74, 6) is 0. The second-order valence-electron chi connectivity index (χ2n) is 4.71. The van der Waals surface area contributed by atoms with Gasteiger partial charge in [-0.25, -0.2) is 0 Å². The van der Waals surface area contributed by atoms with E-state index in [1.54, 1.807) is 0 Å². The highest BCUT2D eigenvalue weighted by Crippen LogP contribution is 2.28. The van der Waals surface area contributed by atoms with Crippen molar-refractivity contribution in [1.29, 1.82) is 0 Å². The number of thiophene rings is 1. The topological polar surface area (TPSA) is 15.3 Å². The summed E-state index contributed by atoms with van der Waals surface area (Å²) in [6.45, 7) is 7.10. The molecule has 1 fully saturated rings. The molecule has 0 radical (unpaired) electrons. The standard InChI is InChI=1S/C13H21BrN2S/c1-11(13-12(14)5-10-17-13)15-6-9-16-7-3-2-4-8-16/h5,10-11,15H,2-4,6-9H2,1H3. The first-order chi connectivity index (χ1) is 8.27. The van der Waals surface area contributed by atoms with Crippen molar-refractivity contribution in [1.82, 2.24) is 10.2 Å². The van der Waals surface area contributed by atoms with Crippen molar-refractivity contribution in [2.24, 2.45) is 0 Å². The Morgan fingerprint density at radius 3 is 2.82 bits per heavy atom. The lowest BCUT2D eigenvalue weighted by molar-refractivity contribution is 0.227. The third-order valence-electron chi connectivity index (χ3n) is 3.37. The quantitative estimate of drug-likeness (QED) is 0.892. The number of likely N-dealkylation sites (tertiary alicyclic amines) is 1. The molecule has 1 unspecified atom stereocenters. The maximum atomic E-state index is 3.61. The van der Waals surface area contributed by atoms with Crippen LogP contribution in [0.4, 0.5) is 0 Å². The Balaban J connectivity index is 1.69. The molecule has 2 nitrogen and oxygen atoms in total. The number of hydrogen-bond donors (Lipinski definition) is 1. The molecule has 0 aliphatic carbocycles. The molecule has 2 heterocycles. The summed E-state index contributed by atoms with van der Waals surface area (Å²) in [6, 6.07) is 2.58. The van der Waals surface area contributed by atoms with Gasteiger partial charge in [-0.15, -0.1) is 11.3 Å². The molecule has 1 aliphatic heterocycles. The van der Waals surface area contributed by atoms with E-state index in [1.165, 1.54) is 48.2 Å². The van der Waals surface area contributed by atoms with Crippen molar-refractivity contribution in [3.05, 3.63) is 20.8 Å². The Bertz CT molecular complexity index is 334. The van der Waals surface area contributed by atoms with Crippen molar-refractivity contribution in [2.75, 3.05) is 26.2 Å². The molecule has 0 bridgehead atoms. The number of rotatable bonds is 5. The van der Waals surface area contributed by atoms with Crippen LogP contribution >= 0.6 is 27.3 Å². The molecule has 2 rings (SSSR count). The highest BCUT2D eigenvalue weighted by atomic mass is 79.9. The second kappa shape index (κ2) is 6.88. The SMILES string of the molecule is CC(NCCN1CCCCC1)c1sccc1Br. The fourth-order valence-corrected chi connectivity index (χ4v) is 4.08. The Hall–Kier alpha value is 0.100. The molecule has 0 amide bonds. The van der Waals surface area contributed by atoms with Crippen LogP contribution < -0.4 is 5.32 Å². The summed E-state index contributed by atoms with van der Waals surface area (Å²) in [5.41, 5.74) is 0. The highest BCUT2D eigenvalue weighted by Gasteiger charge is 2.12. The average Bonchev–Trinajstić information content (AvgIpc) is 2.77. The molecule has 0 aromatic carbocycles. The number of halogens is 1. The summed E-state index contributed by atoms with van der Waals surface area (Å²) in [5, 5.41) is 5.75. The minimum absolute atomic E-state index is 0.453. The third-order valence-corrected chi connectivity index (χ3v) is 5.42. The summed E-state index contributed by atoms with van der Waals surface area (Å²) in [7, 11) is 0. The number of hydrogen-bond acceptors (Lipinski definition) is 3. The van der Waals surface area contributed by atoms with Gasteiger partial charge in [-0.05, 0) is 60.2 Å². The number of nitrogens with one attached hydrogen (secondary N) is 1. The van der Waals surface area contributed by atoms with E-state index in [1.807, 2.05) is 11.3 Å². The minimum atomic E-state index is 0.453. The summed E-state index contributed by atoms with van der Waals surface area (Å²) in [6.07, 6.45) is 4.18. The van der Waals surface area contributed by atoms with Crippen molar-refractivity contribution < 1.29 is 0 Å². The van der Waals surface area contributed by atoms with Crippen molar-refractivity contribution in [3.63, 3.8) is 0 Å². The van der Waals surface area contributed by atoms with Crippen LogP contribution in [0.1, 0.15) is 37.1 Å². The average molecular weight is 317 g/mol. The number of piperidine rings is 1. The van der Waals surface area contributed by atoms with Crippen LogP contribution in [0, 0.1) is 0 Å². The van der Waals surface area contributed by atoms with Crippen LogP contribution in [0.5, 0.6) is 0 Å². The van der Waals surface area contributed by atoms with Gasteiger partial charge in [-0.2, -0.15) is 0 Å². The Morgan fingerprint density at radius 2 is 2.18 bits per heavy atom. The van der Waals surface area contributed by atoms with Crippen LogP contribution in [-0.2, 0) is 0 Å². The second-order valence-corrected chi connectivity index (χ2v) is 6.51. The molecule has 0 saturated carbocycles. The minimum Gasteiger partial charge on any atom is -0.308 e. The molecule has 1 saturated heterocycles. The van der Waals surface area contributed by atoms with Gasteiger partial charge in [0.25, 0.3) is 0 Å². The smallest absolute Gasteiger partial charge is 0.0397 e. The van der Waals surface area contributed by atoms with E-state index < -0.39 is 0 Å². The van der Waals surface area contributed by atoms with Gasteiger partial charge in [-0.3, -0.25) is 0 Å². The van der Waals surface area contributed by atoms with E-state index in [2.05, 4.69) is 44.5 Å². The maximum Gasteiger partial charge on any atom is 0.0397 e. The molecular formula is C13H21BrN2S. The molecule has 96 valence electrons. The summed E-state index contributed by atoms with van der Waals surface area (Å²) < 4.78 is 1.24. The maximum absolute atomic E-state index is 3.61. The van der Waals surface area contributed by atoms with Crippen LogP contribution in [0.2, 0.25) is 0 Å². The normalized spacial score (nSPS) is 19.4. The van der Waals surface area contributed by atoms with E-state index in [0.29, 0.717) is 6.04 Å². The molecule has 0 spiro atoms. The predicted octanol–water partition coefficient (Wildman–Crippen LogP) is 3.65. The Kier molecular flexibility index (Phi) is 5.48. The fourth-order valence-electron chi connectivity index (χ4n) is 2.33. The third kappa shape index (κ3) is 4.05. The first-order valence-electron chi connectivity index (χ1n) is 6.46. The van der Waals surface area contributed by atoms with Crippen LogP contribution in [0.15, 0.2) is 15.9 Å². The molecule has 4 heteroatoms. The van der Waals surface area contributed by atoms with Crippen LogP contribution in [-0.4, -0.2) is 31.1 Å². The van der Waals surface area contributed by atoms with E-state index in [0.717, 1.165) is 6.54 Å². The van der Waals surface area contributed by atoms with Gasteiger partial charge in [0.05, 0.1) is 0 Å². The monoisotopic (exact) mass is 316 g/mol. The first kappa shape index (κ1) is 13.5. The fraction of sp³-hybridized carbons (Fsp3) is 0.692. The van der Waals surface area contributed by atoms with Crippen LogP contribution in [0.3, 0.4) is 0 Å². The first-order valence-corrected chi connectivity index (χ1v) is 8.13. The molecule has 1 atom stereocenters. The lowest BCUT2D eigenvalue weighted by Gasteiger charge is -2.27. The van der Waals surface area contributed by atoms with Gasteiger partial charge in [0.1, 0.15) is 0 Å². The van der Waals surface area contributed by atoms with Crippen LogP contribution in [0.25, 0.3) is 0 Å². The zero-order chi connectivity index (χ0) is 12.1. The van der Waals surface area contributed by atoms with E-state index in [9.17, 15) is 0 Å². The molecule has 1 aliphatic rings. The van der Waals surface area contributed by atoms with Gasteiger partial charge < -0.3 is 10.2 Å². The summed E-state index contributed by atoms with van der Waals surface area (Å²) in [4.78, 5) is 3.98. The van der Waals surface area contributed by atoms with Gasteiger partial charge >= 0.3 is 0 Å². The van der Waals surface area contributed by atoms with Crippen molar-refractivity contribution in [3.8, 4) is 0 Å². The molecule has 1 aromatic heterocycles. The van der Waals surface area contributed by atoms with Crippen molar-refractivity contribution >= 4 is 27.3 Å². The molecule has 17 heavy (non-hydrogen) atoms. The zero-order valence-electron chi connectivity index (χ0n) is 10.4. The molecular weight excluding hydrogens is 296 g/mol. The summed E-state index contributed by atoms with van der Waals surface area (Å²) >= 11 is 5.42. The highest BCUT2D eigenvalue weighted by molar-refractivity contribution is 9.10. The van der Waals surface area contributed by atoms with E-state index in [4.69, 9.17) is 0 Å². The molecule has 1 N–H and O–H groups in total. The van der Waals surface area contributed by atoms with Gasteiger partial charge in [0, 0.05) is 28.5 Å². The number of nitrogens with zero attached hydrogens (tertiary/aromatic N) is 1. The Morgan fingerprint density at radius 1 is 1.41 bits per heavy atom. The zero-order valence-corrected chi connectivity index (χ0v) is 12.8. The van der Waals surface area contributed by atoms with E-state index in [-0.39, 0.29) is 0 Å². The molecule has 1 aromatic rings. The Labute approximate surface area is 117 Å². The lowest BCUT2D eigenvalue weighted by Crippen LogP contribution is -2.36. The van der Waals surface area contributed by atoms with Gasteiger partial charge in [-0.1, -0.05) is 6.42 Å². The lowest BCUT2D eigenvalue weighted by atomic mass is 10.1.